The highest BCUT2D eigenvalue weighted by Gasteiger charge is 2.28. The number of amides is 1. The Morgan fingerprint density at radius 1 is 1.35 bits per heavy atom. The molecule has 0 radical (unpaired) electrons. The molecule has 0 spiro atoms. The van der Waals surface area contributed by atoms with Gasteiger partial charge in [0.15, 0.2) is 0 Å². The molecule has 1 saturated heterocycles. The topological polar surface area (TPSA) is 77.9 Å². The van der Waals surface area contributed by atoms with Crippen molar-refractivity contribution in [2.75, 3.05) is 26.2 Å². The minimum absolute atomic E-state index is 0.134. The summed E-state index contributed by atoms with van der Waals surface area (Å²) >= 11 is 0. The number of aliphatic hydroxyl groups is 1. The normalized spacial score (nSPS) is 18.7. The number of hydrogen-bond acceptors (Lipinski definition) is 4. The second-order valence-electron chi connectivity index (χ2n) is 5.76. The first-order valence-electron chi connectivity index (χ1n) is 7.89. The maximum atomic E-state index is 12.6. The Bertz CT molecular complexity index is 683. The van der Waals surface area contributed by atoms with Crippen LogP contribution >= 0.6 is 0 Å². The summed E-state index contributed by atoms with van der Waals surface area (Å²) < 4.78 is 26.6. The zero-order valence-corrected chi connectivity index (χ0v) is 14.6. The third-order valence-corrected chi connectivity index (χ3v) is 6.28. The first kappa shape index (κ1) is 17.9. The van der Waals surface area contributed by atoms with E-state index in [-0.39, 0.29) is 10.8 Å². The summed E-state index contributed by atoms with van der Waals surface area (Å²) in [5.41, 5.74) is 1.11. The zero-order valence-electron chi connectivity index (χ0n) is 13.8. The van der Waals surface area contributed by atoms with Crippen LogP contribution in [0.2, 0.25) is 0 Å². The Kier molecular flexibility index (Phi) is 5.44. The molecule has 1 aromatic carbocycles. The molecule has 1 aromatic rings. The van der Waals surface area contributed by atoms with Gasteiger partial charge in [0.1, 0.15) is 0 Å². The molecule has 0 bridgehead atoms. The van der Waals surface area contributed by atoms with Crippen molar-refractivity contribution in [3.05, 3.63) is 29.3 Å². The lowest BCUT2D eigenvalue weighted by Crippen LogP contribution is -2.32. The number of nitrogens with zero attached hydrogens (tertiary/aromatic N) is 2. The van der Waals surface area contributed by atoms with E-state index >= 15 is 0 Å². The molecule has 2 rings (SSSR count). The summed E-state index contributed by atoms with van der Waals surface area (Å²) in [4.78, 5) is 14.3. The average molecular weight is 340 g/mol. The number of sulfonamides is 1. The van der Waals surface area contributed by atoms with Crippen molar-refractivity contribution < 1.29 is 18.3 Å². The fourth-order valence-corrected chi connectivity index (χ4v) is 4.29. The number of rotatable bonds is 5. The molecule has 1 N–H and O–H groups in total. The van der Waals surface area contributed by atoms with E-state index in [0.29, 0.717) is 38.2 Å². The fourth-order valence-electron chi connectivity index (χ4n) is 2.80. The van der Waals surface area contributed by atoms with Gasteiger partial charge in [-0.15, -0.1) is 0 Å². The predicted octanol–water partition coefficient (Wildman–Crippen LogP) is 1.23. The van der Waals surface area contributed by atoms with Crippen LogP contribution in [0.4, 0.5) is 0 Å². The van der Waals surface area contributed by atoms with Gasteiger partial charge >= 0.3 is 0 Å². The lowest BCUT2D eigenvalue weighted by atomic mass is 10.1. The Morgan fingerprint density at radius 3 is 2.52 bits per heavy atom. The van der Waals surface area contributed by atoms with Crippen molar-refractivity contribution in [3.8, 4) is 0 Å². The van der Waals surface area contributed by atoms with E-state index in [1.54, 1.807) is 37.8 Å². The molecule has 1 aliphatic rings. The molecular formula is C16H24N2O4S. The summed E-state index contributed by atoms with van der Waals surface area (Å²) in [6.07, 6.45) is 0.0595. The number of aliphatic hydroxyl groups excluding tert-OH is 1. The lowest BCUT2D eigenvalue weighted by molar-refractivity contribution is 0.0764. The van der Waals surface area contributed by atoms with E-state index in [0.717, 1.165) is 5.56 Å². The van der Waals surface area contributed by atoms with Crippen LogP contribution in [0.3, 0.4) is 0 Å². The van der Waals surface area contributed by atoms with E-state index < -0.39 is 16.1 Å². The van der Waals surface area contributed by atoms with Gasteiger partial charge in [-0.1, -0.05) is 19.9 Å². The number of β-amino-alcohol motifs (C(OH)–C–C–N with tert-alkyl or cyclic N) is 1. The molecule has 128 valence electrons. The van der Waals surface area contributed by atoms with Gasteiger partial charge in [0, 0.05) is 31.7 Å². The first-order chi connectivity index (χ1) is 10.8. The van der Waals surface area contributed by atoms with Crippen molar-refractivity contribution in [2.24, 2.45) is 0 Å². The summed E-state index contributed by atoms with van der Waals surface area (Å²) in [5.74, 6) is -0.226. The Balaban J connectivity index is 2.38. The van der Waals surface area contributed by atoms with Gasteiger partial charge in [0.2, 0.25) is 10.0 Å². The first-order valence-corrected chi connectivity index (χ1v) is 9.33. The molecule has 1 aliphatic heterocycles. The van der Waals surface area contributed by atoms with Gasteiger partial charge in [-0.05, 0) is 31.0 Å². The highest BCUT2D eigenvalue weighted by Crippen LogP contribution is 2.22. The van der Waals surface area contributed by atoms with Crippen LogP contribution < -0.4 is 0 Å². The van der Waals surface area contributed by atoms with Crippen molar-refractivity contribution in [1.29, 1.82) is 0 Å². The molecule has 0 unspecified atom stereocenters. The number of likely N-dealkylation sites (tertiary alicyclic amines) is 1. The summed E-state index contributed by atoms with van der Waals surface area (Å²) in [5, 5.41) is 9.59. The molecule has 1 heterocycles. The summed E-state index contributed by atoms with van der Waals surface area (Å²) in [6, 6.07) is 4.66. The minimum atomic E-state index is -3.60. The van der Waals surface area contributed by atoms with E-state index in [1.165, 1.54) is 10.4 Å². The molecule has 0 saturated carbocycles. The number of carbonyl (C=O) groups excluding carboxylic acids is 1. The van der Waals surface area contributed by atoms with E-state index in [4.69, 9.17) is 0 Å². The molecule has 1 amide bonds. The largest absolute Gasteiger partial charge is 0.391 e. The highest BCUT2D eigenvalue weighted by molar-refractivity contribution is 7.89. The number of hydrogen-bond donors (Lipinski definition) is 1. The van der Waals surface area contributed by atoms with Crippen LogP contribution in [0.25, 0.3) is 0 Å². The molecular weight excluding hydrogens is 316 g/mol. The Hall–Kier alpha value is -1.44. The molecule has 1 fully saturated rings. The quantitative estimate of drug-likeness (QED) is 0.874. The Morgan fingerprint density at radius 2 is 2.00 bits per heavy atom. The average Bonchev–Trinajstić information content (AvgIpc) is 2.94. The Labute approximate surface area is 137 Å². The third-order valence-electron chi connectivity index (χ3n) is 4.23. The van der Waals surface area contributed by atoms with Crippen molar-refractivity contribution in [3.63, 3.8) is 0 Å². The standard InChI is InChI=1S/C16H24N2O4S/c1-4-18(5-2)23(21,22)14-7-6-12(3)15(10-14)16(20)17-9-8-13(19)11-17/h6-7,10,13,19H,4-5,8-9,11H2,1-3H3/t13-/m1/s1. The maximum Gasteiger partial charge on any atom is 0.254 e. The molecule has 0 aliphatic carbocycles. The minimum Gasteiger partial charge on any atom is -0.391 e. The van der Waals surface area contributed by atoms with Crippen LogP contribution in [0, 0.1) is 6.92 Å². The smallest absolute Gasteiger partial charge is 0.254 e. The zero-order chi connectivity index (χ0) is 17.2. The van der Waals surface area contributed by atoms with Gasteiger partial charge in [-0.3, -0.25) is 4.79 Å². The number of aryl methyl sites for hydroxylation is 1. The van der Waals surface area contributed by atoms with Crippen LogP contribution in [0.15, 0.2) is 23.1 Å². The predicted molar refractivity (Wildman–Crippen MR) is 87.8 cm³/mol. The highest BCUT2D eigenvalue weighted by atomic mass is 32.2. The van der Waals surface area contributed by atoms with Gasteiger partial charge in [-0.2, -0.15) is 4.31 Å². The molecule has 7 heteroatoms. The van der Waals surface area contributed by atoms with E-state index in [9.17, 15) is 18.3 Å². The van der Waals surface area contributed by atoms with Crippen LogP contribution in [-0.4, -0.2) is 60.9 Å². The van der Waals surface area contributed by atoms with Crippen LogP contribution in [0.5, 0.6) is 0 Å². The van der Waals surface area contributed by atoms with Gasteiger partial charge in [0.25, 0.3) is 5.91 Å². The molecule has 0 aromatic heterocycles. The second kappa shape index (κ2) is 6.98. The summed E-state index contributed by atoms with van der Waals surface area (Å²) in [7, 11) is -3.60. The van der Waals surface area contributed by atoms with Gasteiger partial charge in [-0.25, -0.2) is 8.42 Å². The van der Waals surface area contributed by atoms with Crippen LogP contribution in [0.1, 0.15) is 36.2 Å². The molecule has 1 atom stereocenters. The van der Waals surface area contributed by atoms with Crippen molar-refractivity contribution in [1.82, 2.24) is 9.21 Å². The van der Waals surface area contributed by atoms with E-state index in [2.05, 4.69) is 0 Å². The van der Waals surface area contributed by atoms with Crippen LogP contribution in [-0.2, 0) is 10.0 Å². The summed E-state index contributed by atoms with van der Waals surface area (Å²) in [6.45, 7) is 6.91. The van der Waals surface area contributed by atoms with Gasteiger partial charge < -0.3 is 10.0 Å². The van der Waals surface area contributed by atoms with E-state index in [1.807, 2.05) is 0 Å². The molecule has 23 heavy (non-hydrogen) atoms. The number of benzene rings is 1. The fraction of sp³-hybridized carbons (Fsp3) is 0.562. The third kappa shape index (κ3) is 3.57. The van der Waals surface area contributed by atoms with Crippen molar-refractivity contribution >= 4 is 15.9 Å². The SMILES string of the molecule is CCN(CC)S(=O)(=O)c1ccc(C)c(C(=O)N2CC[C@@H](O)C2)c1. The second-order valence-corrected chi connectivity index (χ2v) is 7.70. The number of carbonyl (C=O) groups is 1. The lowest BCUT2D eigenvalue weighted by Gasteiger charge is -2.21. The monoisotopic (exact) mass is 340 g/mol. The maximum absolute atomic E-state index is 12.6. The van der Waals surface area contributed by atoms with Crippen molar-refractivity contribution in [2.45, 2.75) is 38.2 Å². The van der Waals surface area contributed by atoms with Gasteiger partial charge in [0.05, 0.1) is 11.0 Å². The molecule has 6 nitrogen and oxygen atoms in total.